The highest BCUT2D eigenvalue weighted by Crippen LogP contribution is 2.37. The Morgan fingerprint density at radius 2 is 1.68 bits per heavy atom. The summed E-state index contributed by atoms with van der Waals surface area (Å²) in [5.41, 5.74) is -0.722. The molecule has 1 heterocycles. The minimum atomic E-state index is -1.77. The Bertz CT molecular complexity index is 559. The van der Waals surface area contributed by atoms with Gasteiger partial charge in [-0.25, -0.2) is 0 Å². The molecule has 0 saturated heterocycles. The Morgan fingerprint density at radius 3 is 2.27 bits per heavy atom. The second-order valence-electron chi connectivity index (χ2n) is 5.76. The lowest BCUT2D eigenvalue weighted by Crippen LogP contribution is -2.60. The SMILES string of the molecule is [B]C1([B])Oc2ccc(C[C@H](C)NC([B])([B])C([B])([B])[B])cc2O1. The first kappa shape index (κ1) is 17.6. The van der Waals surface area contributed by atoms with Crippen LogP contribution in [0.4, 0.5) is 0 Å². The molecule has 14 radical (unpaired) electrons. The number of rotatable bonds is 5. The van der Waals surface area contributed by atoms with E-state index in [1.54, 1.807) is 12.1 Å². The highest BCUT2D eigenvalue weighted by atomic mass is 16.7. The van der Waals surface area contributed by atoms with Gasteiger partial charge in [0.25, 0.3) is 0 Å². The van der Waals surface area contributed by atoms with E-state index in [4.69, 9.17) is 64.4 Å². The van der Waals surface area contributed by atoms with E-state index in [0.717, 1.165) is 5.56 Å². The van der Waals surface area contributed by atoms with Gasteiger partial charge >= 0.3 is 0 Å². The molecule has 0 spiro atoms. The molecule has 1 aliphatic rings. The molecule has 2 rings (SSSR count). The molecule has 10 heteroatoms. The van der Waals surface area contributed by atoms with Gasteiger partial charge in [-0.15, -0.1) is 5.11 Å². The lowest BCUT2D eigenvalue weighted by atomic mass is 9.26. The van der Waals surface area contributed by atoms with Gasteiger partial charge in [-0.1, -0.05) is 11.4 Å². The fourth-order valence-electron chi connectivity index (χ4n) is 2.15. The zero-order chi connectivity index (χ0) is 16.8. The van der Waals surface area contributed by atoms with Gasteiger partial charge in [-0.05, 0) is 31.0 Å². The number of hydrogen-bond donors (Lipinski definition) is 1. The van der Waals surface area contributed by atoms with Gasteiger partial charge in [0.05, 0.1) is 39.2 Å². The van der Waals surface area contributed by atoms with Gasteiger partial charge in [-0.3, -0.25) is 0 Å². The van der Waals surface area contributed by atoms with Crippen molar-refractivity contribution in [1.29, 1.82) is 0 Å². The Hall–Kier alpha value is -0.765. The van der Waals surface area contributed by atoms with Crippen LogP contribution in [0.3, 0.4) is 0 Å². The first-order valence-electron chi connectivity index (χ1n) is 6.70. The third-order valence-corrected chi connectivity index (χ3v) is 3.29. The van der Waals surface area contributed by atoms with E-state index in [2.05, 4.69) is 5.32 Å². The van der Waals surface area contributed by atoms with Crippen molar-refractivity contribution in [2.45, 2.75) is 35.4 Å². The molecule has 0 bridgehead atoms. The van der Waals surface area contributed by atoms with Gasteiger partial charge in [-0.2, -0.15) is 0 Å². The fourth-order valence-corrected chi connectivity index (χ4v) is 2.15. The smallest absolute Gasteiger partial charge is 0.175 e. The van der Waals surface area contributed by atoms with Crippen LogP contribution in [0.5, 0.6) is 11.5 Å². The molecule has 3 nitrogen and oxygen atoms in total. The normalized spacial score (nSPS) is 18.0. The standard InChI is InChI=1S/C12H10B7NO2/c1-6(20-11(16,17)10(13,14)15)4-7-2-3-8-9(5-7)22-12(18,19)21-8/h2-3,5-6,20H,4H2,1H3/t6-/m0/s1. The summed E-state index contributed by atoms with van der Waals surface area (Å²) in [6.07, 6.45) is 0.561. The lowest BCUT2D eigenvalue weighted by Gasteiger charge is -2.45. The minimum Gasteiger partial charge on any atom is -0.468 e. The molecule has 0 aliphatic carbocycles. The third-order valence-electron chi connectivity index (χ3n) is 3.29. The van der Waals surface area contributed by atoms with Crippen LogP contribution in [0.2, 0.25) is 5.11 Å². The van der Waals surface area contributed by atoms with Gasteiger partial charge in [0.2, 0.25) is 0 Å². The summed E-state index contributed by atoms with van der Waals surface area (Å²) in [6, 6.07) is 5.17. The van der Waals surface area contributed by atoms with Crippen LogP contribution in [0.15, 0.2) is 18.2 Å². The summed E-state index contributed by atoms with van der Waals surface area (Å²) in [4.78, 5) is 0. The Balaban J connectivity index is 2.04. The fraction of sp³-hybridized carbons (Fsp3) is 0.500. The van der Waals surface area contributed by atoms with E-state index in [9.17, 15) is 0 Å². The van der Waals surface area contributed by atoms with Gasteiger partial charge in [0, 0.05) is 6.04 Å². The summed E-state index contributed by atoms with van der Waals surface area (Å²) >= 11 is 0. The molecule has 0 fully saturated rings. The predicted molar refractivity (Wildman–Crippen MR) is 92.4 cm³/mol. The molecule has 1 aromatic carbocycles. The van der Waals surface area contributed by atoms with Crippen molar-refractivity contribution in [2.75, 3.05) is 0 Å². The first-order chi connectivity index (χ1) is 9.90. The molecular weight excluding hydrogens is 266 g/mol. The van der Waals surface area contributed by atoms with Crippen LogP contribution >= 0.6 is 0 Å². The van der Waals surface area contributed by atoms with Crippen molar-refractivity contribution in [3.63, 3.8) is 0 Å². The number of nitrogens with one attached hydrogen (secondary N) is 1. The maximum absolute atomic E-state index is 5.79. The average molecular weight is 276 g/mol. The van der Waals surface area contributed by atoms with Gasteiger partial charge in [0.1, 0.15) is 0 Å². The van der Waals surface area contributed by atoms with Crippen LogP contribution in [-0.2, 0) is 6.42 Å². The van der Waals surface area contributed by atoms with Gasteiger partial charge < -0.3 is 14.8 Å². The second-order valence-corrected chi connectivity index (χ2v) is 5.76. The topological polar surface area (TPSA) is 30.5 Å². The number of ether oxygens (including phenoxy) is 2. The van der Waals surface area contributed by atoms with Crippen LogP contribution < -0.4 is 14.8 Å². The van der Waals surface area contributed by atoms with Crippen molar-refractivity contribution in [2.24, 2.45) is 0 Å². The second kappa shape index (κ2) is 5.70. The number of hydrogen-bond acceptors (Lipinski definition) is 3. The van der Waals surface area contributed by atoms with Crippen molar-refractivity contribution < 1.29 is 9.47 Å². The molecule has 1 N–H and O–H groups in total. The average Bonchev–Trinajstić information content (AvgIpc) is 2.59. The maximum Gasteiger partial charge on any atom is 0.175 e. The highest BCUT2D eigenvalue weighted by Gasteiger charge is 2.32. The molecule has 0 unspecified atom stereocenters. The lowest BCUT2D eigenvalue weighted by molar-refractivity contribution is 0.0833. The monoisotopic (exact) mass is 277 g/mol. The minimum absolute atomic E-state index is 0.161. The predicted octanol–water partition coefficient (Wildman–Crippen LogP) is -1.50. The van der Waals surface area contributed by atoms with E-state index in [1.165, 1.54) is 0 Å². The molecule has 0 amide bonds. The Kier molecular flexibility index (Phi) is 4.56. The van der Waals surface area contributed by atoms with Crippen LogP contribution in [0.1, 0.15) is 12.5 Å². The summed E-state index contributed by atoms with van der Waals surface area (Å²) in [5.74, 6) is 0.943. The van der Waals surface area contributed by atoms with Crippen molar-refractivity contribution in [1.82, 2.24) is 5.32 Å². The van der Waals surface area contributed by atoms with E-state index < -0.39 is 16.0 Å². The highest BCUT2D eigenvalue weighted by molar-refractivity contribution is 6.67. The first-order valence-corrected chi connectivity index (χ1v) is 6.70. The van der Waals surface area contributed by atoms with Crippen LogP contribution in [0, 0.1) is 0 Å². The molecule has 0 aromatic heterocycles. The number of benzene rings is 1. The Morgan fingerprint density at radius 1 is 1.09 bits per heavy atom. The molecular formula is C12H10B7NO2. The van der Waals surface area contributed by atoms with E-state index in [-0.39, 0.29) is 6.04 Å². The quantitative estimate of drug-likeness (QED) is 0.664. The summed E-state index contributed by atoms with van der Waals surface area (Å²) in [5, 5.41) is -0.514. The number of fused-ring (bicyclic) bond motifs is 1. The molecule has 1 aromatic rings. The van der Waals surface area contributed by atoms with Crippen molar-refractivity contribution >= 4 is 54.9 Å². The maximum atomic E-state index is 5.79. The van der Waals surface area contributed by atoms with Crippen LogP contribution in [0.25, 0.3) is 0 Å². The molecule has 96 valence electrons. The summed E-state index contributed by atoms with van der Waals surface area (Å²) < 4.78 is 10.5. The van der Waals surface area contributed by atoms with Gasteiger partial charge in [0.15, 0.2) is 32.8 Å². The molecule has 1 atom stereocenters. The molecule has 22 heavy (non-hydrogen) atoms. The largest absolute Gasteiger partial charge is 0.468 e. The van der Waals surface area contributed by atoms with Crippen LogP contribution in [-0.4, -0.2) is 71.9 Å². The molecule has 0 saturated carbocycles. The van der Waals surface area contributed by atoms with E-state index in [0.29, 0.717) is 17.9 Å². The van der Waals surface area contributed by atoms with E-state index >= 15 is 0 Å². The zero-order valence-corrected chi connectivity index (χ0v) is 12.4. The third kappa shape index (κ3) is 3.95. The van der Waals surface area contributed by atoms with Crippen molar-refractivity contribution in [3.05, 3.63) is 23.8 Å². The van der Waals surface area contributed by atoms with E-state index in [1.807, 2.05) is 13.0 Å². The zero-order valence-electron chi connectivity index (χ0n) is 12.4. The molecule has 1 aliphatic heterocycles. The Labute approximate surface area is 140 Å². The summed E-state index contributed by atoms with van der Waals surface area (Å²) in [6.45, 7) is 1.86. The van der Waals surface area contributed by atoms with Crippen molar-refractivity contribution in [3.8, 4) is 11.5 Å². The summed E-state index contributed by atoms with van der Waals surface area (Å²) in [7, 11) is 39.3.